The predicted octanol–water partition coefficient (Wildman–Crippen LogP) is 4.71. The highest BCUT2D eigenvalue weighted by Crippen LogP contribution is 2.20. The van der Waals surface area contributed by atoms with E-state index in [0.29, 0.717) is 17.0 Å². The first-order valence-electron chi connectivity index (χ1n) is 8.05. The molecule has 0 atom stereocenters. The summed E-state index contributed by atoms with van der Waals surface area (Å²) in [5.41, 5.74) is 1.36. The first kappa shape index (κ1) is 19.1. The van der Waals surface area contributed by atoms with Crippen LogP contribution < -0.4 is 10.1 Å². The maximum atomic E-state index is 12.8. The summed E-state index contributed by atoms with van der Waals surface area (Å²) in [6.07, 6.45) is 0. The Morgan fingerprint density at radius 2 is 1.56 bits per heavy atom. The zero-order valence-corrected chi connectivity index (χ0v) is 16.9. The lowest BCUT2D eigenvalue weighted by Crippen LogP contribution is -2.16. The van der Waals surface area contributed by atoms with Crippen molar-refractivity contribution < 1.29 is 13.2 Å². The second-order valence-corrected chi connectivity index (χ2v) is 8.11. The lowest BCUT2D eigenvalue weighted by atomic mass is 10.2. The summed E-state index contributed by atoms with van der Waals surface area (Å²) in [6.45, 7) is 0. The van der Waals surface area contributed by atoms with E-state index < -0.39 is 10.0 Å². The van der Waals surface area contributed by atoms with Crippen LogP contribution in [0.3, 0.4) is 0 Å². The van der Waals surface area contributed by atoms with Crippen molar-refractivity contribution in [3.63, 3.8) is 0 Å². The summed E-state index contributed by atoms with van der Waals surface area (Å²) in [4.78, 5) is 0.121. The molecule has 27 heavy (non-hydrogen) atoms. The third-order valence-corrected chi connectivity index (χ3v) is 5.54. The van der Waals surface area contributed by atoms with Crippen molar-refractivity contribution in [2.24, 2.45) is 4.40 Å². The van der Waals surface area contributed by atoms with Crippen molar-refractivity contribution in [1.82, 2.24) is 0 Å². The van der Waals surface area contributed by atoms with Gasteiger partial charge in [-0.15, -0.1) is 4.40 Å². The van der Waals surface area contributed by atoms with E-state index in [1.54, 1.807) is 55.6 Å². The minimum Gasteiger partial charge on any atom is -0.497 e. The molecule has 1 N–H and O–H groups in total. The molecule has 138 valence electrons. The predicted molar refractivity (Wildman–Crippen MR) is 111 cm³/mol. The molecular formula is C20H17BrN2O3S. The number of hydrogen-bond acceptors (Lipinski definition) is 3. The van der Waals surface area contributed by atoms with Gasteiger partial charge in [-0.3, -0.25) is 0 Å². The number of benzene rings is 3. The topological polar surface area (TPSA) is 67.8 Å². The second-order valence-electron chi connectivity index (χ2n) is 5.59. The third kappa shape index (κ3) is 4.96. The molecule has 0 amide bonds. The van der Waals surface area contributed by atoms with Gasteiger partial charge in [-0.05, 0) is 48.5 Å². The van der Waals surface area contributed by atoms with Crippen molar-refractivity contribution in [1.29, 1.82) is 0 Å². The summed E-state index contributed by atoms with van der Waals surface area (Å²) < 4.78 is 35.5. The Balaban J connectivity index is 2.01. The van der Waals surface area contributed by atoms with Gasteiger partial charge >= 0.3 is 0 Å². The normalized spacial score (nSPS) is 11.9. The van der Waals surface area contributed by atoms with E-state index >= 15 is 0 Å². The SMILES string of the molecule is COc1ccc(N/C(=N/S(=O)(=O)c2ccc(Br)cc2)c2ccccc2)cc1. The van der Waals surface area contributed by atoms with Crippen LogP contribution in [-0.4, -0.2) is 21.4 Å². The van der Waals surface area contributed by atoms with Crippen LogP contribution in [0.5, 0.6) is 5.75 Å². The lowest BCUT2D eigenvalue weighted by Gasteiger charge is -2.11. The molecule has 0 saturated heterocycles. The Hall–Kier alpha value is -2.64. The first-order valence-corrected chi connectivity index (χ1v) is 10.3. The van der Waals surface area contributed by atoms with Gasteiger partial charge < -0.3 is 10.1 Å². The van der Waals surface area contributed by atoms with Crippen LogP contribution in [0.15, 0.2) is 92.6 Å². The fraction of sp³-hybridized carbons (Fsp3) is 0.0500. The summed E-state index contributed by atoms with van der Waals surface area (Å²) in [5.74, 6) is 0.949. The molecule has 3 rings (SSSR count). The number of nitrogens with zero attached hydrogens (tertiary/aromatic N) is 1. The average molecular weight is 445 g/mol. The number of halogens is 1. The number of anilines is 1. The van der Waals surface area contributed by atoms with Crippen molar-refractivity contribution >= 4 is 37.5 Å². The average Bonchev–Trinajstić information content (AvgIpc) is 2.69. The molecule has 0 spiro atoms. The van der Waals surface area contributed by atoms with Gasteiger partial charge in [0.1, 0.15) is 5.75 Å². The Morgan fingerprint density at radius 1 is 0.926 bits per heavy atom. The Labute approximate surface area is 166 Å². The smallest absolute Gasteiger partial charge is 0.284 e. The lowest BCUT2D eigenvalue weighted by molar-refractivity contribution is 0.415. The van der Waals surface area contributed by atoms with Gasteiger partial charge in [-0.2, -0.15) is 8.42 Å². The van der Waals surface area contributed by atoms with E-state index in [1.807, 2.05) is 18.2 Å². The monoisotopic (exact) mass is 444 g/mol. The number of rotatable bonds is 5. The van der Waals surface area contributed by atoms with Crippen LogP contribution in [0.1, 0.15) is 5.56 Å². The van der Waals surface area contributed by atoms with Gasteiger partial charge in [0, 0.05) is 15.7 Å². The van der Waals surface area contributed by atoms with E-state index in [-0.39, 0.29) is 10.7 Å². The standard InChI is InChI=1S/C20H17BrN2O3S/c1-26-18-11-9-17(10-12-18)22-20(15-5-3-2-4-6-15)23-27(24,25)19-13-7-16(21)8-14-19/h2-14H,1H3,(H,22,23). The molecule has 0 aromatic heterocycles. The van der Waals surface area contributed by atoms with Crippen LogP contribution in [0.25, 0.3) is 0 Å². The summed E-state index contributed by atoms with van der Waals surface area (Å²) in [7, 11) is -2.29. The molecule has 0 saturated carbocycles. The Kier molecular flexibility index (Phi) is 5.93. The van der Waals surface area contributed by atoms with Gasteiger partial charge in [0.25, 0.3) is 10.0 Å². The van der Waals surface area contributed by atoms with Crippen molar-refractivity contribution in [3.8, 4) is 5.75 Å². The Morgan fingerprint density at radius 3 is 2.15 bits per heavy atom. The van der Waals surface area contributed by atoms with Crippen LogP contribution in [0, 0.1) is 0 Å². The molecule has 0 heterocycles. The molecule has 0 radical (unpaired) electrons. The molecular weight excluding hydrogens is 428 g/mol. The number of ether oxygens (including phenoxy) is 1. The zero-order valence-electron chi connectivity index (χ0n) is 14.5. The summed E-state index contributed by atoms with van der Waals surface area (Å²) in [6, 6.07) is 22.6. The highest BCUT2D eigenvalue weighted by atomic mass is 79.9. The third-order valence-electron chi connectivity index (χ3n) is 3.72. The maximum Gasteiger partial charge on any atom is 0.284 e. The van der Waals surface area contributed by atoms with E-state index in [9.17, 15) is 8.42 Å². The first-order chi connectivity index (χ1) is 13.0. The van der Waals surface area contributed by atoms with Crippen LogP contribution in [0.2, 0.25) is 0 Å². The van der Waals surface area contributed by atoms with Gasteiger partial charge in [0.05, 0.1) is 12.0 Å². The molecule has 5 nitrogen and oxygen atoms in total. The summed E-state index contributed by atoms with van der Waals surface area (Å²) in [5, 5.41) is 3.09. The van der Waals surface area contributed by atoms with Crippen LogP contribution >= 0.6 is 15.9 Å². The molecule has 0 fully saturated rings. The highest BCUT2D eigenvalue weighted by molar-refractivity contribution is 9.10. The number of amidine groups is 1. The van der Waals surface area contributed by atoms with Crippen molar-refractivity contribution in [2.75, 3.05) is 12.4 Å². The zero-order chi connectivity index (χ0) is 19.3. The van der Waals surface area contributed by atoms with Crippen LogP contribution in [-0.2, 0) is 10.0 Å². The molecule has 0 aliphatic heterocycles. The molecule has 0 aliphatic carbocycles. The number of sulfonamides is 1. The quantitative estimate of drug-likeness (QED) is 0.457. The van der Waals surface area contributed by atoms with E-state index in [4.69, 9.17) is 4.74 Å². The van der Waals surface area contributed by atoms with E-state index in [2.05, 4.69) is 25.6 Å². The van der Waals surface area contributed by atoms with E-state index in [0.717, 1.165) is 4.47 Å². The second kappa shape index (κ2) is 8.37. The van der Waals surface area contributed by atoms with Gasteiger partial charge in [-0.25, -0.2) is 0 Å². The summed E-state index contributed by atoms with van der Waals surface area (Å²) >= 11 is 3.30. The molecule has 7 heteroatoms. The van der Waals surface area contributed by atoms with Gasteiger partial charge in [-0.1, -0.05) is 46.3 Å². The number of nitrogens with one attached hydrogen (secondary N) is 1. The molecule has 0 aliphatic rings. The van der Waals surface area contributed by atoms with Crippen molar-refractivity contribution in [3.05, 3.63) is 88.9 Å². The number of hydrogen-bond donors (Lipinski definition) is 1. The largest absolute Gasteiger partial charge is 0.497 e. The minimum absolute atomic E-state index is 0.121. The van der Waals surface area contributed by atoms with E-state index in [1.165, 1.54) is 12.1 Å². The number of methoxy groups -OCH3 is 1. The van der Waals surface area contributed by atoms with Gasteiger partial charge in [0.15, 0.2) is 5.84 Å². The van der Waals surface area contributed by atoms with Gasteiger partial charge in [0.2, 0.25) is 0 Å². The molecule has 3 aromatic rings. The fourth-order valence-corrected chi connectivity index (χ4v) is 3.58. The molecule has 3 aromatic carbocycles. The molecule has 0 unspecified atom stereocenters. The molecule has 0 bridgehead atoms. The van der Waals surface area contributed by atoms with Crippen molar-refractivity contribution in [2.45, 2.75) is 4.90 Å². The minimum atomic E-state index is -3.88. The van der Waals surface area contributed by atoms with Crippen LogP contribution in [0.4, 0.5) is 5.69 Å². The highest BCUT2D eigenvalue weighted by Gasteiger charge is 2.16. The maximum absolute atomic E-state index is 12.8. The Bertz CT molecular complexity index is 1030. The fourth-order valence-electron chi connectivity index (χ4n) is 2.33.